The summed E-state index contributed by atoms with van der Waals surface area (Å²) in [6.45, 7) is 3.28. The number of hydrogen-bond donors (Lipinski definition) is 1. The Morgan fingerprint density at radius 1 is 1.21 bits per heavy atom. The second-order valence-corrected chi connectivity index (χ2v) is 9.99. The molecule has 2 aromatic rings. The summed E-state index contributed by atoms with van der Waals surface area (Å²) < 4.78 is 1.58. The van der Waals surface area contributed by atoms with Crippen molar-refractivity contribution >= 4 is 39.1 Å². The van der Waals surface area contributed by atoms with Crippen molar-refractivity contribution in [2.75, 3.05) is 19.6 Å². The summed E-state index contributed by atoms with van der Waals surface area (Å²) in [5.41, 5.74) is 3.55. The van der Waals surface area contributed by atoms with Crippen LogP contribution in [0.4, 0.5) is 0 Å². The Kier molecular flexibility index (Phi) is 7.22. The van der Waals surface area contributed by atoms with Crippen molar-refractivity contribution in [1.29, 1.82) is 0 Å². The monoisotopic (exact) mass is 431 g/mol. The van der Waals surface area contributed by atoms with E-state index >= 15 is 0 Å². The maximum atomic E-state index is 12.5. The molecule has 4 nitrogen and oxygen atoms in total. The van der Waals surface area contributed by atoms with Gasteiger partial charge in [0.1, 0.15) is 0 Å². The number of allylic oxidation sites excluding steroid dienone is 1. The number of hydrogen-bond acceptors (Lipinski definition) is 4. The average molecular weight is 432 g/mol. The second kappa shape index (κ2) is 10.1. The van der Waals surface area contributed by atoms with Crippen LogP contribution in [0.3, 0.4) is 0 Å². The minimum Gasteiger partial charge on any atom is -0.353 e. The summed E-state index contributed by atoms with van der Waals surface area (Å²) in [6, 6.07) is 6.25. The summed E-state index contributed by atoms with van der Waals surface area (Å²) in [6.07, 6.45) is 13.0. The summed E-state index contributed by atoms with van der Waals surface area (Å²) >= 11 is 7.44. The second-order valence-electron chi connectivity index (χ2n) is 8.38. The molecule has 0 saturated carbocycles. The van der Waals surface area contributed by atoms with Crippen LogP contribution in [0.15, 0.2) is 29.8 Å². The number of fused-ring (bicyclic) bond motifs is 1. The van der Waals surface area contributed by atoms with Crippen molar-refractivity contribution < 1.29 is 4.79 Å². The third-order valence-corrected chi connectivity index (χ3v) is 7.18. The molecule has 1 saturated heterocycles. The van der Waals surface area contributed by atoms with Crippen LogP contribution >= 0.6 is 22.9 Å². The number of carbonyl (C=O) groups is 1. The number of piperidine rings is 1. The van der Waals surface area contributed by atoms with E-state index < -0.39 is 0 Å². The lowest BCUT2D eigenvalue weighted by Gasteiger charge is -2.33. The molecule has 0 bridgehead atoms. The highest BCUT2D eigenvalue weighted by Gasteiger charge is 2.21. The van der Waals surface area contributed by atoms with Gasteiger partial charge in [-0.2, -0.15) is 0 Å². The zero-order valence-electron chi connectivity index (χ0n) is 17.0. The normalized spacial score (nSPS) is 19.6. The Labute approximate surface area is 182 Å². The molecule has 0 atom stereocenters. The van der Waals surface area contributed by atoms with Gasteiger partial charge >= 0.3 is 0 Å². The molecule has 1 aliphatic heterocycles. The predicted molar refractivity (Wildman–Crippen MR) is 122 cm³/mol. The molecule has 4 rings (SSSR count). The van der Waals surface area contributed by atoms with Crippen LogP contribution < -0.4 is 5.32 Å². The zero-order valence-corrected chi connectivity index (χ0v) is 18.5. The minimum absolute atomic E-state index is 0.112. The number of halogens is 1. The molecule has 0 radical (unpaired) electrons. The molecule has 2 aliphatic rings. The van der Waals surface area contributed by atoms with Gasteiger partial charge in [0, 0.05) is 25.7 Å². The van der Waals surface area contributed by atoms with Crippen LogP contribution in [-0.2, 0) is 11.2 Å². The van der Waals surface area contributed by atoms with Crippen molar-refractivity contribution in [1.82, 2.24) is 15.2 Å². The molecule has 1 fully saturated rings. The Hall–Kier alpha value is -1.43. The topological polar surface area (TPSA) is 45.2 Å². The smallest absolute Gasteiger partial charge is 0.224 e. The first kappa shape index (κ1) is 20.8. The summed E-state index contributed by atoms with van der Waals surface area (Å²) in [7, 11) is 0. The van der Waals surface area contributed by atoms with Crippen LogP contribution in [0, 0.1) is 0 Å². The van der Waals surface area contributed by atoms with Gasteiger partial charge in [-0.25, -0.2) is 4.98 Å². The van der Waals surface area contributed by atoms with Gasteiger partial charge in [0.2, 0.25) is 5.91 Å². The van der Waals surface area contributed by atoms with E-state index in [9.17, 15) is 4.79 Å². The van der Waals surface area contributed by atoms with E-state index in [1.165, 1.54) is 49.9 Å². The van der Waals surface area contributed by atoms with Crippen molar-refractivity contribution in [2.24, 2.45) is 0 Å². The third kappa shape index (κ3) is 6.03. The van der Waals surface area contributed by atoms with Gasteiger partial charge in [-0.05, 0) is 56.2 Å². The highest BCUT2D eigenvalue weighted by molar-refractivity contribution is 7.22. The molecular formula is C23H30ClN3OS. The van der Waals surface area contributed by atoms with Gasteiger partial charge in [-0.1, -0.05) is 42.2 Å². The van der Waals surface area contributed by atoms with Gasteiger partial charge in [-0.15, -0.1) is 11.3 Å². The molecule has 1 aliphatic carbocycles. The number of thiazole rings is 1. The highest BCUT2D eigenvalue weighted by Crippen LogP contribution is 2.26. The van der Waals surface area contributed by atoms with E-state index in [0.717, 1.165) is 48.3 Å². The number of nitrogens with one attached hydrogen (secondary N) is 1. The molecule has 1 aromatic carbocycles. The molecule has 1 N–H and O–H groups in total. The number of aromatic nitrogens is 1. The van der Waals surface area contributed by atoms with Gasteiger partial charge < -0.3 is 5.32 Å². The molecule has 1 aromatic heterocycles. The molecule has 6 heteroatoms. The van der Waals surface area contributed by atoms with Crippen molar-refractivity contribution in [2.45, 2.75) is 63.8 Å². The first-order valence-electron chi connectivity index (χ1n) is 10.9. The van der Waals surface area contributed by atoms with Crippen LogP contribution in [0.5, 0.6) is 0 Å². The Balaban J connectivity index is 1.22. The summed E-state index contributed by atoms with van der Waals surface area (Å²) in [5.74, 6) is 0.112. The quantitative estimate of drug-likeness (QED) is 0.648. The Morgan fingerprint density at radius 2 is 2.03 bits per heavy atom. The number of carbonyl (C=O) groups excluding carboxylic acids is 1. The molecule has 0 spiro atoms. The SMILES string of the molecule is O=C(Cc1ccc2nc(Cl)sc2c1)NC1CCN(CC2=CCCCCCC2)CC1. The van der Waals surface area contributed by atoms with E-state index in [1.807, 2.05) is 18.2 Å². The zero-order chi connectivity index (χ0) is 20.1. The number of benzene rings is 1. The van der Waals surface area contributed by atoms with Crippen LogP contribution in [0.25, 0.3) is 10.2 Å². The highest BCUT2D eigenvalue weighted by atomic mass is 35.5. The average Bonchev–Trinajstić information content (AvgIpc) is 3.04. The lowest BCUT2D eigenvalue weighted by atomic mass is 9.98. The van der Waals surface area contributed by atoms with E-state index in [0.29, 0.717) is 16.9 Å². The van der Waals surface area contributed by atoms with E-state index in [-0.39, 0.29) is 5.91 Å². The molecule has 0 unspecified atom stereocenters. The molecule has 2 heterocycles. The van der Waals surface area contributed by atoms with Crippen molar-refractivity contribution in [3.05, 3.63) is 39.9 Å². The maximum absolute atomic E-state index is 12.5. The summed E-state index contributed by atoms with van der Waals surface area (Å²) in [5, 5.41) is 3.24. The van der Waals surface area contributed by atoms with Gasteiger partial charge in [0.15, 0.2) is 4.47 Å². The number of nitrogens with zero attached hydrogens (tertiary/aromatic N) is 2. The fraction of sp³-hybridized carbons (Fsp3) is 0.565. The number of rotatable bonds is 5. The largest absolute Gasteiger partial charge is 0.353 e. The third-order valence-electron chi connectivity index (χ3n) is 6.06. The van der Waals surface area contributed by atoms with Gasteiger partial charge in [0.05, 0.1) is 16.6 Å². The van der Waals surface area contributed by atoms with Crippen LogP contribution in [-0.4, -0.2) is 41.5 Å². The minimum atomic E-state index is 0.112. The standard InChI is InChI=1S/C23H30ClN3OS/c24-23-26-20-9-8-18(14-21(20)29-23)15-22(28)25-19-10-12-27(13-11-19)16-17-6-4-2-1-3-5-7-17/h6,8-9,14,19H,1-5,7,10-13,15-16H2,(H,25,28). The fourth-order valence-electron chi connectivity index (χ4n) is 4.44. The van der Waals surface area contributed by atoms with Crippen LogP contribution in [0.1, 0.15) is 56.9 Å². The predicted octanol–water partition coefficient (Wildman–Crippen LogP) is 5.35. The molecule has 156 valence electrons. The molecule has 1 amide bonds. The van der Waals surface area contributed by atoms with Gasteiger partial charge in [0.25, 0.3) is 0 Å². The van der Waals surface area contributed by atoms with Crippen molar-refractivity contribution in [3.63, 3.8) is 0 Å². The molecule has 29 heavy (non-hydrogen) atoms. The van der Waals surface area contributed by atoms with E-state index in [2.05, 4.69) is 21.3 Å². The Morgan fingerprint density at radius 3 is 2.90 bits per heavy atom. The van der Waals surface area contributed by atoms with E-state index in [1.54, 1.807) is 5.57 Å². The lowest BCUT2D eigenvalue weighted by Crippen LogP contribution is -2.45. The van der Waals surface area contributed by atoms with E-state index in [4.69, 9.17) is 11.6 Å². The first-order valence-corrected chi connectivity index (χ1v) is 12.1. The fourth-order valence-corrected chi connectivity index (χ4v) is 5.53. The Bertz CT molecular complexity index is 870. The van der Waals surface area contributed by atoms with Gasteiger partial charge in [-0.3, -0.25) is 9.69 Å². The lowest BCUT2D eigenvalue weighted by molar-refractivity contribution is -0.121. The van der Waals surface area contributed by atoms with Crippen LogP contribution in [0.2, 0.25) is 4.47 Å². The van der Waals surface area contributed by atoms with Crippen molar-refractivity contribution in [3.8, 4) is 0 Å². The maximum Gasteiger partial charge on any atom is 0.224 e. The first-order chi connectivity index (χ1) is 14.2. The number of likely N-dealkylation sites (tertiary alicyclic amines) is 1. The number of amides is 1. The summed E-state index contributed by atoms with van der Waals surface area (Å²) in [4.78, 5) is 19.3. The molecular weight excluding hydrogens is 402 g/mol.